The van der Waals surface area contributed by atoms with Crippen molar-refractivity contribution in [2.45, 2.75) is 32.5 Å². The number of hydrogen-bond donors (Lipinski definition) is 1. The Hall–Kier alpha value is -3.58. The summed E-state index contributed by atoms with van der Waals surface area (Å²) in [6.45, 7) is 4.00. The number of pyridine rings is 1. The second-order valence-corrected chi connectivity index (χ2v) is 8.75. The van der Waals surface area contributed by atoms with Gasteiger partial charge in [0.1, 0.15) is 5.82 Å². The van der Waals surface area contributed by atoms with Crippen LogP contribution in [0, 0.1) is 5.82 Å². The summed E-state index contributed by atoms with van der Waals surface area (Å²) in [5, 5.41) is 15.9. The van der Waals surface area contributed by atoms with Gasteiger partial charge in [-0.15, -0.1) is 0 Å². The van der Waals surface area contributed by atoms with Crippen LogP contribution in [0.3, 0.4) is 0 Å². The minimum Gasteiger partial charge on any atom is -0.386 e. The molecule has 0 saturated heterocycles. The third-order valence-electron chi connectivity index (χ3n) is 5.92. The number of aliphatic hydroxyl groups is 1. The van der Waals surface area contributed by atoms with Gasteiger partial charge in [0.2, 0.25) is 0 Å². The summed E-state index contributed by atoms with van der Waals surface area (Å²) in [5.74, 6) is -0.501. The first-order valence-electron chi connectivity index (χ1n) is 10.4. The van der Waals surface area contributed by atoms with E-state index in [9.17, 15) is 9.90 Å². The highest BCUT2D eigenvalue weighted by atomic mass is 19.1. The lowest BCUT2D eigenvalue weighted by molar-refractivity contribution is 0.0763. The SMILES string of the molecule is Cn1cc2c(-c3ccc(CN4Cc5ncccc5C4=O)c(F)c3)ccc(C(C)(C)O)c2n1. The molecule has 2 aromatic carbocycles. The van der Waals surface area contributed by atoms with Gasteiger partial charge < -0.3 is 10.0 Å². The lowest BCUT2D eigenvalue weighted by Crippen LogP contribution is -2.23. The Kier molecular flexibility index (Phi) is 4.60. The molecule has 0 atom stereocenters. The molecule has 0 radical (unpaired) electrons. The van der Waals surface area contributed by atoms with E-state index >= 15 is 4.39 Å². The minimum absolute atomic E-state index is 0.129. The number of carbonyl (C=O) groups excluding carboxylic acids is 1. The molecule has 0 fully saturated rings. The molecular formula is C25H23FN4O2. The summed E-state index contributed by atoms with van der Waals surface area (Å²) in [6, 6.07) is 12.3. The van der Waals surface area contributed by atoms with Crippen molar-refractivity contribution in [1.82, 2.24) is 19.7 Å². The van der Waals surface area contributed by atoms with E-state index in [1.165, 1.54) is 6.07 Å². The van der Waals surface area contributed by atoms with Crippen LogP contribution in [0.15, 0.2) is 54.9 Å². The van der Waals surface area contributed by atoms with Gasteiger partial charge in [-0.2, -0.15) is 5.10 Å². The fourth-order valence-corrected chi connectivity index (χ4v) is 4.32. The van der Waals surface area contributed by atoms with Gasteiger partial charge in [-0.05, 0) is 43.2 Å². The molecule has 1 N–H and O–H groups in total. The molecule has 32 heavy (non-hydrogen) atoms. The molecule has 0 unspecified atom stereocenters. The summed E-state index contributed by atoms with van der Waals surface area (Å²) in [6.07, 6.45) is 3.53. The second-order valence-electron chi connectivity index (χ2n) is 8.75. The topological polar surface area (TPSA) is 71.2 Å². The molecule has 1 aliphatic rings. The van der Waals surface area contributed by atoms with Gasteiger partial charge in [-0.1, -0.05) is 24.3 Å². The van der Waals surface area contributed by atoms with Crippen LogP contribution in [0.25, 0.3) is 22.0 Å². The average molecular weight is 430 g/mol. The summed E-state index contributed by atoms with van der Waals surface area (Å²) >= 11 is 0. The van der Waals surface area contributed by atoms with Gasteiger partial charge in [0.15, 0.2) is 0 Å². The summed E-state index contributed by atoms with van der Waals surface area (Å²) < 4.78 is 16.8. The Morgan fingerprint density at radius 2 is 1.97 bits per heavy atom. The molecule has 7 heteroatoms. The third-order valence-corrected chi connectivity index (χ3v) is 5.92. The molecule has 1 amide bonds. The molecule has 162 valence electrons. The van der Waals surface area contributed by atoms with Crippen molar-refractivity contribution in [2.24, 2.45) is 7.05 Å². The number of halogens is 1. The number of rotatable bonds is 4. The van der Waals surface area contributed by atoms with Crippen LogP contribution < -0.4 is 0 Å². The van der Waals surface area contributed by atoms with E-state index in [0.29, 0.717) is 28.8 Å². The zero-order chi connectivity index (χ0) is 22.6. The van der Waals surface area contributed by atoms with Crippen LogP contribution in [0.1, 0.15) is 41.0 Å². The number of fused-ring (bicyclic) bond motifs is 2. The van der Waals surface area contributed by atoms with Crippen molar-refractivity contribution in [1.29, 1.82) is 0 Å². The predicted octanol–water partition coefficient (Wildman–Crippen LogP) is 4.16. The number of benzene rings is 2. The van der Waals surface area contributed by atoms with Crippen molar-refractivity contribution in [3.63, 3.8) is 0 Å². The summed E-state index contributed by atoms with van der Waals surface area (Å²) in [7, 11) is 1.82. The van der Waals surface area contributed by atoms with Gasteiger partial charge in [-0.25, -0.2) is 4.39 Å². The zero-order valence-electron chi connectivity index (χ0n) is 18.1. The van der Waals surface area contributed by atoms with Crippen molar-refractivity contribution in [3.05, 3.63) is 83.1 Å². The van der Waals surface area contributed by atoms with Gasteiger partial charge in [-0.3, -0.25) is 14.5 Å². The predicted molar refractivity (Wildman–Crippen MR) is 119 cm³/mol. The van der Waals surface area contributed by atoms with Crippen LogP contribution in [0.5, 0.6) is 0 Å². The van der Waals surface area contributed by atoms with Crippen molar-refractivity contribution in [3.8, 4) is 11.1 Å². The van der Waals surface area contributed by atoms with E-state index in [2.05, 4.69) is 10.1 Å². The number of aryl methyl sites for hydroxylation is 1. The third kappa shape index (κ3) is 3.35. The Morgan fingerprint density at radius 1 is 1.16 bits per heavy atom. The number of amides is 1. The van der Waals surface area contributed by atoms with E-state index in [-0.39, 0.29) is 18.3 Å². The van der Waals surface area contributed by atoms with E-state index in [1.807, 2.05) is 31.4 Å². The fourth-order valence-electron chi connectivity index (χ4n) is 4.32. The van der Waals surface area contributed by atoms with E-state index < -0.39 is 5.60 Å². The van der Waals surface area contributed by atoms with E-state index in [1.54, 1.807) is 47.8 Å². The maximum Gasteiger partial charge on any atom is 0.256 e. The maximum atomic E-state index is 15.1. The van der Waals surface area contributed by atoms with Gasteiger partial charge in [0.05, 0.1) is 28.9 Å². The Labute approximate surface area is 184 Å². The number of aromatic nitrogens is 3. The van der Waals surface area contributed by atoms with Gasteiger partial charge in [0, 0.05) is 42.5 Å². The molecule has 6 nitrogen and oxygen atoms in total. The maximum absolute atomic E-state index is 15.1. The molecular weight excluding hydrogens is 407 g/mol. The average Bonchev–Trinajstić information content (AvgIpc) is 3.28. The highest BCUT2D eigenvalue weighted by Gasteiger charge is 2.29. The molecule has 5 rings (SSSR count). The standard InChI is InChI=1S/C25H23FN4O2/c1-25(2,32)20-9-8-17(19-13-29(3)28-23(19)20)15-6-7-16(21(26)11-15)12-30-14-22-18(24(30)31)5-4-10-27-22/h4-11,13,32H,12,14H2,1-3H3. The molecule has 0 aliphatic carbocycles. The van der Waals surface area contributed by atoms with Crippen LogP contribution in [0.4, 0.5) is 4.39 Å². The minimum atomic E-state index is -1.05. The number of hydrogen-bond acceptors (Lipinski definition) is 4. The Bertz CT molecular complexity index is 1370. The molecule has 0 saturated carbocycles. The number of carbonyl (C=O) groups is 1. The quantitative estimate of drug-likeness (QED) is 0.528. The van der Waals surface area contributed by atoms with E-state index in [4.69, 9.17) is 0 Å². The number of nitrogens with zero attached hydrogens (tertiary/aromatic N) is 4. The lowest BCUT2D eigenvalue weighted by Gasteiger charge is -2.19. The first-order chi connectivity index (χ1) is 15.2. The molecule has 2 aromatic heterocycles. The highest BCUT2D eigenvalue weighted by Crippen LogP contribution is 2.35. The fraction of sp³-hybridized carbons (Fsp3) is 0.240. The molecule has 0 bridgehead atoms. The van der Waals surface area contributed by atoms with Crippen LogP contribution in [-0.2, 0) is 25.7 Å². The van der Waals surface area contributed by atoms with Crippen LogP contribution >= 0.6 is 0 Å². The molecule has 0 spiro atoms. The largest absolute Gasteiger partial charge is 0.386 e. The normalized spacial score (nSPS) is 13.8. The second kappa shape index (κ2) is 7.24. The highest BCUT2D eigenvalue weighted by molar-refractivity contribution is 5.98. The van der Waals surface area contributed by atoms with E-state index in [0.717, 1.165) is 22.2 Å². The first kappa shape index (κ1) is 20.3. The van der Waals surface area contributed by atoms with Crippen LogP contribution in [-0.4, -0.2) is 30.7 Å². The zero-order valence-corrected chi connectivity index (χ0v) is 18.1. The van der Waals surface area contributed by atoms with Gasteiger partial charge in [0.25, 0.3) is 5.91 Å². The Balaban J connectivity index is 1.48. The molecule has 3 heterocycles. The molecule has 1 aliphatic heterocycles. The molecule has 4 aromatic rings. The smallest absolute Gasteiger partial charge is 0.256 e. The monoisotopic (exact) mass is 430 g/mol. The Morgan fingerprint density at radius 3 is 2.69 bits per heavy atom. The van der Waals surface area contributed by atoms with Crippen molar-refractivity contribution in [2.75, 3.05) is 0 Å². The van der Waals surface area contributed by atoms with Crippen molar-refractivity contribution >= 4 is 16.8 Å². The van der Waals surface area contributed by atoms with Crippen molar-refractivity contribution < 1.29 is 14.3 Å². The summed E-state index contributed by atoms with van der Waals surface area (Å²) in [4.78, 5) is 18.5. The first-order valence-corrected chi connectivity index (χ1v) is 10.4. The van der Waals surface area contributed by atoms with Gasteiger partial charge >= 0.3 is 0 Å². The van der Waals surface area contributed by atoms with Crippen LogP contribution in [0.2, 0.25) is 0 Å². The lowest BCUT2D eigenvalue weighted by atomic mass is 9.92. The summed E-state index contributed by atoms with van der Waals surface area (Å²) in [5.41, 5.74) is 3.66.